The molecule has 1 atom stereocenters. The Morgan fingerprint density at radius 1 is 1.33 bits per heavy atom. The van der Waals surface area contributed by atoms with E-state index in [0.717, 1.165) is 15.1 Å². The van der Waals surface area contributed by atoms with E-state index in [1.165, 1.54) is 11.8 Å². The van der Waals surface area contributed by atoms with Gasteiger partial charge >= 0.3 is 0 Å². The van der Waals surface area contributed by atoms with Gasteiger partial charge in [-0.2, -0.15) is 0 Å². The van der Waals surface area contributed by atoms with Crippen molar-refractivity contribution in [2.45, 2.75) is 10.6 Å². The standard InChI is InChI=1S/C15H16BrN3OS/c1-18-15(14(17)20,11-6-3-2-4-7-11)10-21-13-12(16)8-5-9-19-13/h2-9,18H,10H2,1H3,(H2,17,20). The fourth-order valence-corrected chi connectivity index (χ4v) is 3.76. The predicted octanol–water partition coefficient (Wildman–Crippen LogP) is 2.54. The topological polar surface area (TPSA) is 68.0 Å². The highest BCUT2D eigenvalue weighted by Crippen LogP contribution is 2.32. The molecule has 0 saturated carbocycles. The number of carbonyl (C=O) groups excluding carboxylic acids is 1. The number of pyridine rings is 1. The Labute approximate surface area is 136 Å². The molecule has 3 N–H and O–H groups in total. The number of hydrogen-bond acceptors (Lipinski definition) is 4. The molecule has 2 aromatic rings. The fraction of sp³-hybridized carbons (Fsp3) is 0.200. The van der Waals surface area contributed by atoms with Gasteiger partial charge in [0.1, 0.15) is 10.6 Å². The van der Waals surface area contributed by atoms with E-state index in [1.807, 2.05) is 42.5 Å². The minimum Gasteiger partial charge on any atom is -0.368 e. The van der Waals surface area contributed by atoms with E-state index in [9.17, 15) is 4.79 Å². The van der Waals surface area contributed by atoms with E-state index in [-0.39, 0.29) is 0 Å². The van der Waals surface area contributed by atoms with Crippen LogP contribution in [0.1, 0.15) is 5.56 Å². The van der Waals surface area contributed by atoms with Gasteiger partial charge in [0.25, 0.3) is 0 Å². The highest BCUT2D eigenvalue weighted by atomic mass is 79.9. The van der Waals surface area contributed by atoms with Crippen molar-refractivity contribution in [2.24, 2.45) is 5.73 Å². The lowest BCUT2D eigenvalue weighted by atomic mass is 9.91. The van der Waals surface area contributed by atoms with Crippen molar-refractivity contribution in [3.63, 3.8) is 0 Å². The van der Waals surface area contributed by atoms with Gasteiger partial charge in [0.15, 0.2) is 0 Å². The van der Waals surface area contributed by atoms with Crippen LogP contribution in [0.2, 0.25) is 0 Å². The highest BCUT2D eigenvalue weighted by Gasteiger charge is 2.37. The molecule has 0 aliphatic rings. The van der Waals surface area contributed by atoms with Crippen molar-refractivity contribution in [2.75, 3.05) is 12.8 Å². The molecule has 1 heterocycles. The molecule has 1 aromatic heterocycles. The Balaban J connectivity index is 2.30. The largest absolute Gasteiger partial charge is 0.368 e. The molecule has 1 amide bonds. The van der Waals surface area contributed by atoms with Gasteiger partial charge in [-0.05, 0) is 40.7 Å². The number of nitrogens with two attached hydrogens (primary N) is 1. The van der Waals surface area contributed by atoms with Crippen LogP contribution < -0.4 is 11.1 Å². The summed E-state index contributed by atoms with van der Waals surface area (Å²) in [4.78, 5) is 16.4. The number of benzene rings is 1. The normalized spacial score (nSPS) is 13.6. The van der Waals surface area contributed by atoms with Crippen LogP contribution in [0.25, 0.3) is 0 Å². The molecular weight excluding hydrogens is 350 g/mol. The van der Waals surface area contributed by atoms with Crippen molar-refractivity contribution >= 4 is 33.6 Å². The lowest BCUT2D eigenvalue weighted by Crippen LogP contribution is -2.53. The third kappa shape index (κ3) is 3.45. The summed E-state index contributed by atoms with van der Waals surface area (Å²) in [5.74, 6) is 0.0501. The molecule has 0 fully saturated rings. The summed E-state index contributed by atoms with van der Waals surface area (Å²) in [5.41, 5.74) is 5.59. The number of amides is 1. The van der Waals surface area contributed by atoms with E-state index in [1.54, 1.807) is 13.2 Å². The number of nitrogens with one attached hydrogen (secondary N) is 1. The lowest BCUT2D eigenvalue weighted by Gasteiger charge is -2.30. The summed E-state index contributed by atoms with van der Waals surface area (Å²) in [5, 5.41) is 3.91. The van der Waals surface area contributed by atoms with Gasteiger partial charge in [0.05, 0.1) is 0 Å². The lowest BCUT2D eigenvalue weighted by molar-refractivity contribution is -0.123. The average Bonchev–Trinajstić information content (AvgIpc) is 2.51. The molecule has 0 radical (unpaired) electrons. The van der Waals surface area contributed by atoms with E-state index in [2.05, 4.69) is 26.2 Å². The minimum atomic E-state index is -0.928. The summed E-state index contributed by atoms with van der Waals surface area (Å²) in [6.07, 6.45) is 1.72. The maximum atomic E-state index is 12.1. The second-order valence-corrected chi connectivity index (χ2v) is 6.28. The Kier molecular flexibility index (Phi) is 5.39. The van der Waals surface area contributed by atoms with Crippen LogP contribution >= 0.6 is 27.7 Å². The van der Waals surface area contributed by atoms with Crippen molar-refractivity contribution in [3.8, 4) is 0 Å². The number of hydrogen-bond donors (Lipinski definition) is 2. The van der Waals surface area contributed by atoms with E-state index >= 15 is 0 Å². The zero-order valence-electron chi connectivity index (χ0n) is 11.5. The smallest absolute Gasteiger partial charge is 0.243 e. The Bertz CT molecular complexity index is 623. The molecule has 0 spiro atoms. The van der Waals surface area contributed by atoms with Crippen LogP contribution in [-0.4, -0.2) is 23.7 Å². The first-order chi connectivity index (χ1) is 10.1. The highest BCUT2D eigenvalue weighted by molar-refractivity contribution is 9.10. The molecule has 1 aromatic carbocycles. The van der Waals surface area contributed by atoms with Gasteiger partial charge in [0.2, 0.25) is 5.91 Å². The second-order valence-electron chi connectivity index (χ2n) is 4.46. The number of carbonyl (C=O) groups is 1. The number of rotatable bonds is 6. The number of halogens is 1. The first-order valence-corrected chi connectivity index (χ1v) is 8.15. The van der Waals surface area contributed by atoms with Crippen molar-refractivity contribution in [3.05, 3.63) is 58.7 Å². The maximum Gasteiger partial charge on any atom is 0.243 e. The number of primary amides is 1. The Morgan fingerprint density at radius 2 is 2.05 bits per heavy atom. The maximum absolute atomic E-state index is 12.1. The van der Waals surface area contributed by atoms with Crippen LogP contribution in [-0.2, 0) is 10.3 Å². The first kappa shape index (κ1) is 16.0. The zero-order valence-corrected chi connectivity index (χ0v) is 13.9. The van der Waals surface area contributed by atoms with Crippen LogP contribution in [0.5, 0.6) is 0 Å². The number of thioether (sulfide) groups is 1. The summed E-state index contributed by atoms with van der Waals surface area (Å²) < 4.78 is 0.900. The van der Waals surface area contributed by atoms with Gasteiger partial charge in [-0.25, -0.2) is 4.98 Å². The second kappa shape index (κ2) is 7.06. The number of nitrogens with zero attached hydrogens (tertiary/aromatic N) is 1. The summed E-state index contributed by atoms with van der Waals surface area (Å²) >= 11 is 4.94. The van der Waals surface area contributed by atoms with Crippen molar-refractivity contribution in [1.29, 1.82) is 0 Å². The molecule has 4 nitrogen and oxygen atoms in total. The minimum absolute atomic E-state index is 0.407. The van der Waals surface area contributed by atoms with E-state index in [0.29, 0.717) is 5.75 Å². The van der Waals surface area contributed by atoms with Crippen LogP contribution in [0.4, 0.5) is 0 Å². The number of aromatic nitrogens is 1. The Hall–Kier alpha value is -1.37. The molecule has 1 unspecified atom stereocenters. The summed E-state index contributed by atoms with van der Waals surface area (Å²) in [6, 6.07) is 13.3. The van der Waals surface area contributed by atoms with Crippen molar-refractivity contribution in [1.82, 2.24) is 10.3 Å². The molecule has 21 heavy (non-hydrogen) atoms. The third-order valence-electron chi connectivity index (χ3n) is 3.26. The average molecular weight is 366 g/mol. The molecule has 0 aliphatic carbocycles. The zero-order chi connectivity index (χ0) is 15.3. The summed E-state index contributed by atoms with van der Waals surface area (Å²) in [6.45, 7) is 0. The quantitative estimate of drug-likeness (QED) is 0.771. The summed E-state index contributed by atoms with van der Waals surface area (Å²) in [7, 11) is 1.74. The predicted molar refractivity (Wildman–Crippen MR) is 89.0 cm³/mol. The van der Waals surface area contributed by atoms with E-state index < -0.39 is 11.4 Å². The monoisotopic (exact) mass is 365 g/mol. The van der Waals surface area contributed by atoms with Crippen LogP contribution in [0.15, 0.2) is 58.2 Å². The van der Waals surface area contributed by atoms with Crippen LogP contribution in [0.3, 0.4) is 0 Å². The van der Waals surface area contributed by atoms with Gasteiger partial charge in [-0.3, -0.25) is 4.79 Å². The van der Waals surface area contributed by atoms with Gasteiger partial charge in [-0.15, -0.1) is 11.8 Å². The third-order valence-corrected chi connectivity index (χ3v) is 5.34. The van der Waals surface area contributed by atoms with Gasteiger partial charge in [0, 0.05) is 16.4 Å². The number of likely N-dealkylation sites (N-methyl/N-ethyl adjacent to an activating group) is 1. The van der Waals surface area contributed by atoms with Crippen LogP contribution in [0, 0.1) is 0 Å². The first-order valence-electron chi connectivity index (χ1n) is 6.38. The molecule has 110 valence electrons. The molecule has 2 rings (SSSR count). The Morgan fingerprint density at radius 3 is 2.62 bits per heavy atom. The van der Waals surface area contributed by atoms with Gasteiger partial charge < -0.3 is 11.1 Å². The molecular formula is C15H16BrN3OS. The molecule has 0 saturated heterocycles. The fourth-order valence-electron chi connectivity index (χ4n) is 2.01. The van der Waals surface area contributed by atoms with Crippen molar-refractivity contribution < 1.29 is 4.79 Å². The van der Waals surface area contributed by atoms with E-state index in [4.69, 9.17) is 5.73 Å². The molecule has 0 aliphatic heterocycles. The van der Waals surface area contributed by atoms with Gasteiger partial charge in [-0.1, -0.05) is 30.3 Å². The molecule has 6 heteroatoms. The SMILES string of the molecule is CNC(CSc1ncccc1Br)(C(N)=O)c1ccccc1. The molecule has 0 bridgehead atoms.